The molecule has 0 unspecified atom stereocenters. The maximum atomic E-state index is 10.4. The van der Waals surface area contributed by atoms with E-state index in [4.69, 9.17) is 10.1 Å². The number of methoxy groups -OCH3 is 1. The van der Waals surface area contributed by atoms with Crippen molar-refractivity contribution in [2.24, 2.45) is 5.10 Å². The molecule has 0 fully saturated rings. The summed E-state index contributed by atoms with van der Waals surface area (Å²) in [5.74, 6) is 0.355. The van der Waals surface area contributed by atoms with Crippen molar-refractivity contribution in [1.82, 2.24) is 9.99 Å². The SMILES string of the molecule is COc1ccc(/C=N/N/C(O)=c2\sc(=C(C#N)C#N)n(-c3ccccc3)c2=N)cc1. The number of hydrazone groups is 1. The van der Waals surface area contributed by atoms with Crippen LogP contribution in [0.25, 0.3) is 17.1 Å². The van der Waals surface area contributed by atoms with Gasteiger partial charge in [0, 0.05) is 5.69 Å². The lowest BCUT2D eigenvalue weighted by Crippen LogP contribution is -2.33. The van der Waals surface area contributed by atoms with Crippen molar-refractivity contribution in [3.8, 4) is 23.6 Å². The molecule has 2 aromatic carbocycles. The number of rotatable bonds is 5. The monoisotopic (exact) mass is 416 g/mol. The fraction of sp³-hybridized carbons (Fsp3) is 0.0476. The first-order valence-corrected chi connectivity index (χ1v) is 9.43. The van der Waals surface area contributed by atoms with Gasteiger partial charge in [-0.25, -0.2) is 5.43 Å². The minimum Gasteiger partial charge on any atom is -0.497 e. The first kappa shape index (κ1) is 20.4. The molecular formula is C21H16N6O2S. The number of hydrogen-bond acceptors (Lipinski definition) is 8. The highest BCUT2D eigenvalue weighted by molar-refractivity contribution is 7.07. The van der Waals surface area contributed by atoms with Crippen LogP contribution in [0.4, 0.5) is 0 Å². The molecule has 148 valence electrons. The average molecular weight is 416 g/mol. The average Bonchev–Trinajstić information content (AvgIpc) is 3.12. The Morgan fingerprint density at radius 3 is 2.43 bits per heavy atom. The van der Waals surface area contributed by atoms with E-state index >= 15 is 0 Å². The van der Waals surface area contributed by atoms with Crippen LogP contribution in [0.1, 0.15) is 5.56 Å². The van der Waals surface area contributed by atoms with E-state index in [1.807, 2.05) is 18.2 Å². The Bertz CT molecular complexity index is 1320. The molecule has 0 bridgehead atoms. The standard InChI is InChI=1S/C21H16N6O2S/c1-29-17-9-7-14(8-10-17)13-25-26-20(28)18-19(24)27(16-5-3-2-4-6-16)21(30-18)15(11-22)12-23/h2-10,13,24,26,28H,1H3/b20-18+,24-19?,25-13+. The number of aromatic nitrogens is 1. The van der Waals surface area contributed by atoms with Gasteiger partial charge in [0.1, 0.15) is 27.1 Å². The summed E-state index contributed by atoms with van der Waals surface area (Å²) in [6.07, 6.45) is 1.50. The minimum atomic E-state index is -0.360. The normalized spacial score (nSPS) is 11.4. The first-order valence-electron chi connectivity index (χ1n) is 8.61. The zero-order valence-corrected chi connectivity index (χ0v) is 16.6. The second-order valence-corrected chi connectivity index (χ2v) is 6.85. The molecule has 0 spiro atoms. The number of ether oxygens (including phenoxy) is 1. The quantitative estimate of drug-likeness (QED) is 0.428. The molecule has 0 saturated carbocycles. The van der Waals surface area contributed by atoms with Crippen LogP contribution in [0.2, 0.25) is 0 Å². The molecule has 30 heavy (non-hydrogen) atoms. The van der Waals surface area contributed by atoms with Crippen LogP contribution in [0.15, 0.2) is 59.7 Å². The Kier molecular flexibility index (Phi) is 6.28. The fourth-order valence-corrected chi connectivity index (χ4v) is 3.57. The molecule has 0 radical (unpaired) electrons. The summed E-state index contributed by atoms with van der Waals surface area (Å²) in [7, 11) is 1.58. The van der Waals surface area contributed by atoms with Crippen molar-refractivity contribution < 1.29 is 9.84 Å². The number of hydrogen-bond donors (Lipinski definition) is 3. The number of nitriles is 2. The van der Waals surface area contributed by atoms with Gasteiger partial charge in [0.05, 0.1) is 13.3 Å². The summed E-state index contributed by atoms with van der Waals surface area (Å²) >= 11 is 0.951. The molecule has 9 heteroatoms. The smallest absolute Gasteiger partial charge is 0.226 e. The molecule has 1 heterocycles. The van der Waals surface area contributed by atoms with Gasteiger partial charge in [-0.3, -0.25) is 9.98 Å². The van der Waals surface area contributed by atoms with E-state index in [-0.39, 0.29) is 26.1 Å². The largest absolute Gasteiger partial charge is 0.497 e. The lowest BCUT2D eigenvalue weighted by Gasteiger charge is -2.02. The Labute approximate surface area is 175 Å². The number of para-hydroxylation sites is 1. The highest BCUT2D eigenvalue weighted by atomic mass is 32.1. The Morgan fingerprint density at radius 1 is 1.17 bits per heavy atom. The summed E-state index contributed by atoms with van der Waals surface area (Å²) in [6.45, 7) is 0. The summed E-state index contributed by atoms with van der Waals surface area (Å²) < 4.78 is 6.93. The van der Waals surface area contributed by atoms with Crippen LogP contribution in [-0.2, 0) is 0 Å². The van der Waals surface area contributed by atoms with E-state index in [2.05, 4.69) is 10.5 Å². The van der Waals surface area contributed by atoms with E-state index in [0.29, 0.717) is 11.4 Å². The number of thiazole rings is 1. The van der Waals surface area contributed by atoms with Crippen LogP contribution in [-0.4, -0.2) is 23.0 Å². The fourth-order valence-electron chi connectivity index (χ4n) is 2.57. The summed E-state index contributed by atoms with van der Waals surface area (Å²) in [5.41, 5.74) is 3.64. The van der Waals surface area contributed by atoms with Gasteiger partial charge in [0.25, 0.3) is 0 Å². The van der Waals surface area contributed by atoms with Crippen molar-refractivity contribution >= 4 is 29.0 Å². The van der Waals surface area contributed by atoms with Gasteiger partial charge < -0.3 is 9.84 Å². The first-order chi connectivity index (χ1) is 14.6. The Balaban J connectivity index is 2.07. The summed E-state index contributed by atoms with van der Waals surface area (Å²) in [5, 5.41) is 41.5. The van der Waals surface area contributed by atoms with Crippen LogP contribution in [0, 0.1) is 28.1 Å². The second kappa shape index (κ2) is 9.24. The molecule has 0 atom stereocenters. The highest BCUT2D eigenvalue weighted by Crippen LogP contribution is 2.09. The number of aliphatic hydroxyl groups excluding tert-OH is 1. The third kappa shape index (κ3) is 4.22. The van der Waals surface area contributed by atoms with Crippen LogP contribution >= 0.6 is 11.3 Å². The van der Waals surface area contributed by atoms with Crippen molar-refractivity contribution in [2.75, 3.05) is 7.11 Å². The summed E-state index contributed by atoms with van der Waals surface area (Å²) in [6, 6.07) is 19.7. The third-order valence-electron chi connectivity index (χ3n) is 4.01. The number of nitrogens with zero attached hydrogens (tertiary/aromatic N) is 4. The van der Waals surface area contributed by atoms with Gasteiger partial charge in [0.2, 0.25) is 5.88 Å². The van der Waals surface area contributed by atoms with Crippen molar-refractivity contribution in [2.45, 2.75) is 0 Å². The van der Waals surface area contributed by atoms with Gasteiger partial charge in [-0.2, -0.15) is 15.6 Å². The lowest BCUT2D eigenvalue weighted by atomic mass is 10.2. The number of aliphatic hydroxyl groups is 1. The number of benzene rings is 2. The van der Waals surface area contributed by atoms with Crippen LogP contribution in [0.5, 0.6) is 5.75 Å². The van der Waals surface area contributed by atoms with E-state index < -0.39 is 0 Å². The van der Waals surface area contributed by atoms with Crippen LogP contribution in [0.3, 0.4) is 0 Å². The van der Waals surface area contributed by atoms with Gasteiger partial charge in [0.15, 0.2) is 11.1 Å². The zero-order valence-electron chi connectivity index (χ0n) is 15.8. The van der Waals surface area contributed by atoms with E-state index in [0.717, 1.165) is 16.9 Å². The van der Waals surface area contributed by atoms with Crippen molar-refractivity contribution in [3.05, 3.63) is 74.8 Å². The van der Waals surface area contributed by atoms with E-state index in [1.54, 1.807) is 55.6 Å². The molecular weight excluding hydrogens is 400 g/mol. The zero-order chi connectivity index (χ0) is 21.5. The molecule has 3 N–H and O–H groups in total. The van der Waals surface area contributed by atoms with Gasteiger partial charge in [-0.1, -0.05) is 18.2 Å². The molecule has 0 aliphatic heterocycles. The maximum absolute atomic E-state index is 10.4. The molecule has 1 aromatic heterocycles. The second-order valence-electron chi connectivity index (χ2n) is 5.85. The lowest BCUT2D eigenvalue weighted by molar-refractivity contribution is 0.415. The van der Waals surface area contributed by atoms with E-state index in [1.165, 1.54) is 10.8 Å². The highest BCUT2D eigenvalue weighted by Gasteiger charge is 2.11. The molecule has 0 aliphatic rings. The van der Waals surface area contributed by atoms with Crippen LogP contribution < -0.4 is 24.8 Å². The number of nitrogens with one attached hydrogen (secondary N) is 2. The Morgan fingerprint density at radius 2 is 1.83 bits per heavy atom. The topological polar surface area (TPSA) is 130 Å². The Hall–Kier alpha value is -4.34. The van der Waals surface area contributed by atoms with Gasteiger partial charge in [-0.05, 0) is 42.0 Å². The third-order valence-corrected chi connectivity index (χ3v) is 5.18. The molecule has 0 saturated heterocycles. The maximum Gasteiger partial charge on any atom is 0.226 e. The molecule has 8 nitrogen and oxygen atoms in total. The molecule has 3 rings (SSSR count). The van der Waals surface area contributed by atoms with Crippen molar-refractivity contribution in [3.63, 3.8) is 0 Å². The molecule has 0 amide bonds. The van der Waals surface area contributed by atoms with Crippen molar-refractivity contribution in [1.29, 1.82) is 15.9 Å². The van der Waals surface area contributed by atoms with Gasteiger partial charge in [-0.15, -0.1) is 11.3 Å². The predicted molar refractivity (Wildman–Crippen MR) is 113 cm³/mol. The van der Waals surface area contributed by atoms with Gasteiger partial charge >= 0.3 is 0 Å². The molecule has 3 aromatic rings. The molecule has 0 aliphatic carbocycles. The summed E-state index contributed by atoms with van der Waals surface area (Å²) in [4.78, 5) is 0. The van der Waals surface area contributed by atoms with E-state index in [9.17, 15) is 15.6 Å². The minimum absolute atomic E-state index is 0.0751. The predicted octanol–water partition coefficient (Wildman–Crippen LogP) is 1.47.